The summed E-state index contributed by atoms with van der Waals surface area (Å²) < 4.78 is 5.13. The zero-order chi connectivity index (χ0) is 19.5. The predicted octanol–water partition coefficient (Wildman–Crippen LogP) is 3.34. The van der Waals surface area contributed by atoms with E-state index in [-0.39, 0.29) is 24.2 Å². The Morgan fingerprint density at radius 3 is 2.52 bits per heavy atom. The number of hydrogen-bond donors (Lipinski definition) is 2. The van der Waals surface area contributed by atoms with Crippen molar-refractivity contribution in [1.29, 1.82) is 0 Å². The molecule has 2 aromatic rings. The normalized spacial score (nSPS) is 20.4. The zero-order valence-electron chi connectivity index (χ0n) is 16.4. The molecule has 0 spiro atoms. The van der Waals surface area contributed by atoms with E-state index in [0.29, 0.717) is 34.6 Å². The summed E-state index contributed by atoms with van der Waals surface area (Å²) in [5, 5.41) is 6.48. The van der Waals surface area contributed by atoms with Crippen molar-refractivity contribution in [2.75, 3.05) is 25.5 Å². The number of likely N-dealkylation sites (tertiary alicyclic amines) is 1. The van der Waals surface area contributed by atoms with Crippen LogP contribution in [0.25, 0.3) is 0 Å². The van der Waals surface area contributed by atoms with Crippen LogP contribution in [0.2, 0.25) is 0 Å². The number of nitrogens with one attached hydrogen (secondary N) is 2. The Labute approximate surface area is 177 Å². The molecule has 29 heavy (non-hydrogen) atoms. The average molecular weight is 416 g/mol. The average Bonchev–Trinajstić information content (AvgIpc) is 3.06. The molecule has 2 aliphatic rings. The second-order valence-corrected chi connectivity index (χ2v) is 7.41. The lowest BCUT2D eigenvalue weighted by molar-refractivity contribution is 0.0749. The van der Waals surface area contributed by atoms with Crippen molar-refractivity contribution in [2.45, 2.75) is 31.3 Å². The van der Waals surface area contributed by atoms with Crippen molar-refractivity contribution in [3.05, 3.63) is 59.7 Å². The summed E-state index contributed by atoms with van der Waals surface area (Å²) in [6.45, 7) is 1.46. The summed E-state index contributed by atoms with van der Waals surface area (Å²) in [5.41, 5.74) is 1.58. The molecular formula is C22H26ClN3O3. The van der Waals surface area contributed by atoms with Crippen molar-refractivity contribution in [2.24, 2.45) is 0 Å². The van der Waals surface area contributed by atoms with Gasteiger partial charge in [-0.3, -0.25) is 9.59 Å². The third-order valence-corrected chi connectivity index (χ3v) is 5.57. The van der Waals surface area contributed by atoms with Gasteiger partial charge in [0, 0.05) is 30.7 Å². The van der Waals surface area contributed by atoms with Gasteiger partial charge in [0.15, 0.2) is 0 Å². The number of rotatable bonds is 4. The van der Waals surface area contributed by atoms with Crippen LogP contribution in [0.15, 0.2) is 48.5 Å². The van der Waals surface area contributed by atoms with Crippen LogP contribution in [0.4, 0.5) is 5.69 Å². The number of anilines is 1. The largest absolute Gasteiger partial charge is 0.497 e. The fourth-order valence-electron chi connectivity index (χ4n) is 4.01. The van der Waals surface area contributed by atoms with E-state index in [0.717, 1.165) is 25.9 Å². The van der Waals surface area contributed by atoms with Gasteiger partial charge in [0.25, 0.3) is 11.8 Å². The minimum Gasteiger partial charge on any atom is -0.497 e. The number of carbonyl (C=O) groups is 2. The van der Waals surface area contributed by atoms with Crippen molar-refractivity contribution in [1.82, 2.24) is 10.2 Å². The molecule has 2 atom stereocenters. The highest BCUT2D eigenvalue weighted by Crippen LogP contribution is 2.24. The molecule has 2 saturated heterocycles. The number of halogens is 1. The summed E-state index contributed by atoms with van der Waals surface area (Å²) in [7, 11) is 1.58. The number of carbonyl (C=O) groups excluding carboxylic acids is 2. The van der Waals surface area contributed by atoms with Gasteiger partial charge < -0.3 is 20.3 Å². The number of hydrogen-bond acceptors (Lipinski definition) is 4. The van der Waals surface area contributed by atoms with Crippen molar-refractivity contribution in [3.8, 4) is 5.75 Å². The minimum absolute atomic E-state index is 0. The van der Waals surface area contributed by atoms with Crippen molar-refractivity contribution >= 4 is 29.9 Å². The highest BCUT2D eigenvalue weighted by atomic mass is 35.5. The Kier molecular flexibility index (Phi) is 6.77. The van der Waals surface area contributed by atoms with Gasteiger partial charge in [-0.25, -0.2) is 0 Å². The SMILES string of the molecule is COc1ccc(C(=O)Nc2ccccc2C(=O)N2CCC3CCC(C2)N3)cc1.Cl. The van der Waals surface area contributed by atoms with Gasteiger partial charge in [-0.15, -0.1) is 12.4 Å². The maximum atomic E-state index is 13.2. The first kappa shape index (κ1) is 21.1. The maximum Gasteiger partial charge on any atom is 0.256 e. The summed E-state index contributed by atoms with van der Waals surface area (Å²) in [6.07, 6.45) is 3.29. The maximum absolute atomic E-state index is 13.2. The molecule has 2 bridgehead atoms. The van der Waals surface area contributed by atoms with Crippen LogP contribution in [-0.4, -0.2) is 49.0 Å². The number of ether oxygens (including phenoxy) is 1. The number of amides is 2. The smallest absolute Gasteiger partial charge is 0.256 e. The van der Waals surface area contributed by atoms with Crippen LogP contribution in [0.3, 0.4) is 0 Å². The Hall–Kier alpha value is -2.57. The van der Waals surface area contributed by atoms with E-state index in [1.807, 2.05) is 17.0 Å². The van der Waals surface area contributed by atoms with E-state index in [1.54, 1.807) is 43.5 Å². The Balaban J connectivity index is 0.00000240. The van der Waals surface area contributed by atoms with Crippen LogP contribution in [0, 0.1) is 0 Å². The van der Waals surface area contributed by atoms with Crippen LogP contribution < -0.4 is 15.4 Å². The number of benzene rings is 2. The van der Waals surface area contributed by atoms with Crippen LogP contribution in [0.5, 0.6) is 5.75 Å². The molecule has 0 saturated carbocycles. The molecule has 2 aromatic carbocycles. The predicted molar refractivity (Wildman–Crippen MR) is 115 cm³/mol. The molecule has 0 aromatic heterocycles. The van der Waals surface area contributed by atoms with Gasteiger partial charge >= 0.3 is 0 Å². The van der Waals surface area contributed by atoms with Crippen molar-refractivity contribution in [3.63, 3.8) is 0 Å². The molecule has 0 aliphatic carbocycles. The third kappa shape index (κ3) is 4.71. The molecule has 7 heteroatoms. The highest BCUT2D eigenvalue weighted by Gasteiger charge is 2.32. The van der Waals surface area contributed by atoms with Crippen LogP contribution >= 0.6 is 12.4 Å². The molecule has 2 heterocycles. The lowest BCUT2D eigenvalue weighted by Crippen LogP contribution is -2.39. The number of fused-ring (bicyclic) bond motifs is 2. The van der Waals surface area contributed by atoms with Gasteiger partial charge in [-0.05, 0) is 55.7 Å². The molecule has 2 amide bonds. The van der Waals surface area contributed by atoms with Gasteiger partial charge in [0.05, 0.1) is 18.4 Å². The van der Waals surface area contributed by atoms with E-state index in [2.05, 4.69) is 10.6 Å². The number of methoxy groups -OCH3 is 1. The summed E-state index contributed by atoms with van der Waals surface area (Å²) in [5.74, 6) is 0.413. The van der Waals surface area contributed by atoms with Gasteiger partial charge in [-0.1, -0.05) is 12.1 Å². The van der Waals surface area contributed by atoms with E-state index >= 15 is 0 Å². The molecule has 4 rings (SSSR count). The minimum atomic E-state index is -0.250. The Morgan fingerprint density at radius 1 is 1.03 bits per heavy atom. The molecule has 6 nitrogen and oxygen atoms in total. The quantitative estimate of drug-likeness (QED) is 0.803. The topological polar surface area (TPSA) is 70.7 Å². The summed E-state index contributed by atoms with van der Waals surface area (Å²) in [4.78, 5) is 27.7. The fourth-order valence-corrected chi connectivity index (χ4v) is 4.01. The molecule has 0 radical (unpaired) electrons. The van der Waals surface area contributed by atoms with Gasteiger partial charge in [-0.2, -0.15) is 0 Å². The summed E-state index contributed by atoms with van der Waals surface area (Å²) in [6, 6.07) is 15.0. The summed E-state index contributed by atoms with van der Waals surface area (Å²) >= 11 is 0. The van der Waals surface area contributed by atoms with E-state index in [4.69, 9.17) is 4.74 Å². The monoisotopic (exact) mass is 415 g/mol. The van der Waals surface area contributed by atoms with Crippen LogP contribution in [-0.2, 0) is 0 Å². The van der Waals surface area contributed by atoms with E-state index < -0.39 is 0 Å². The van der Waals surface area contributed by atoms with Gasteiger partial charge in [0.2, 0.25) is 0 Å². The van der Waals surface area contributed by atoms with E-state index in [9.17, 15) is 9.59 Å². The first-order chi connectivity index (χ1) is 13.6. The fraction of sp³-hybridized carbons (Fsp3) is 0.364. The number of nitrogens with zero attached hydrogens (tertiary/aromatic N) is 1. The Bertz CT molecular complexity index is 872. The first-order valence-electron chi connectivity index (χ1n) is 9.74. The lowest BCUT2D eigenvalue weighted by Gasteiger charge is -2.25. The highest BCUT2D eigenvalue weighted by molar-refractivity contribution is 6.09. The Morgan fingerprint density at radius 2 is 1.76 bits per heavy atom. The second kappa shape index (κ2) is 9.29. The van der Waals surface area contributed by atoms with E-state index in [1.165, 1.54) is 6.42 Å². The molecule has 2 unspecified atom stereocenters. The molecule has 154 valence electrons. The third-order valence-electron chi connectivity index (χ3n) is 5.57. The zero-order valence-corrected chi connectivity index (χ0v) is 17.2. The number of para-hydroxylation sites is 1. The second-order valence-electron chi connectivity index (χ2n) is 7.41. The molecular weight excluding hydrogens is 390 g/mol. The van der Waals surface area contributed by atoms with Gasteiger partial charge in [0.1, 0.15) is 5.75 Å². The molecule has 2 N–H and O–H groups in total. The molecule has 2 fully saturated rings. The lowest BCUT2D eigenvalue weighted by atomic mass is 10.1. The standard InChI is InChI=1S/C22H25N3O3.ClH/c1-28-18-10-6-15(7-11-18)21(26)24-20-5-3-2-4-19(20)22(27)25-13-12-16-8-9-17(14-25)23-16;/h2-7,10-11,16-17,23H,8-9,12-14H2,1H3,(H,24,26);1H. The van der Waals surface area contributed by atoms with Crippen LogP contribution in [0.1, 0.15) is 40.0 Å². The molecule has 2 aliphatic heterocycles. The van der Waals surface area contributed by atoms with Crippen molar-refractivity contribution < 1.29 is 14.3 Å². The first-order valence-corrected chi connectivity index (χ1v) is 9.74.